The molecule has 0 aliphatic rings. The summed E-state index contributed by atoms with van der Waals surface area (Å²) in [6.45, 7) is 2.24. The third-order valence-electron chi connectivity index (χ3n) is 3.67. The first kappa shape index (κ1) is 18.0. The molecule has 0 heterocycles. The molecule has 1 aromatic rings. The molecule has 0 aliphatic carbocycles. The van der Waals surface area contributed by atoms with Gasteiger partial charge in [-0.15, -0.1) is 0 Å². The van der Waals surface area contributed by atoms with E-state index >= 15 is 0 Å². The van der Waals surface area contributed by atoms with Gasteiger partial charge < -0.3 is 5.11 Å². The molecule has 1 rings (SSSR count). The Kier molecular flexibility index (Phi) is 9.58. The summed E-state index contributed by atoms with van der Waals surface area (Å²) in [7, 11) is 0. The van der Waals surface area contributed by atoms with E-state index < -0.39 is 6.10 Å². The van der Waals surface area contributed by atoms with Crippen molar-refractivity contribution < 1.29 is 5.11 Å². The van der Waals surface area contributed by atoms with E-state index in [-0.39, 0.29) is 0 Å². The Hall–Kier alpha value is -0.0500. The summed E-state index contributed by atoms with van der Waals surface area (Å²) < 4.78 is 0.853. The SMILES string of the molecule is CCCCCCCCCCC(O)c1cccc(Br)c1Cl. The molecule has 0 bridgehead atoms. The highest BCUT2D eigenvalue weighted by Gasteiger charge is 2.12. The van der Waals surface area contributed by atoms with Gasteiger partial charge in [-0.3, -0.25) is 0 Å². The molecular weight excluding hydrogens is 336 g/mol. The second-order valence-corrected chi connectivity index (χ2v) is 6.65. The van der Waals surface area contributed by atoms with Gasteiger partial charge in [0.2, 0.25) is 0 Å². The summed E-state index contributed by atoms with van der Waals surface area (Å²) >= 11 is 9.59. The number of benzene rings is 1. The molecule has 0 amide bonds. The van der Waals surface area contributed by atoms with Crippen LogP contribution in [0.1, 0.15) is 76.4 Å². The number of rotatable bonds is 10. The van der Waals surface area contributed by atoms with Crippen LogP contribution < -0.4 is 0 Å². The molecule has 3 heteroatoms. The fourth-order valence-corrected chi connectivity index (χ4v) is 3.04. The molecule has 0 aromatic heterocycles. The first-order chi connectivity index (χ1) is 9.66. The molecule has 1 N–H and O–H groups in total. The van der Waals surface area contributed by atoms with Gasteiger partial charge in [0.05, 0.1) is 11.1 Å². The van der Waals surface area contributed by atoms with Crippen LogP contribution in [0.3, 0.4) is 0 Å². The van der Waals surface area contributed by atoms with Crippen molar-refractivity contribution in [2.75, 3.05) is 0 Å². The van der Waals surface area contributed by atoms with E-state index in [1.165, 1.54) is 44.9 Å². The Balaban J connectivity index is 2.17. The third kappa shape index (κ3) is 6.60. The predicted octanol–water partition coefficient (Wildman–Crippen LogP) is 6.67. The maximum atomic E-state index is 10.2. The summed E-state index contributed by atoms with van der Waals surface area (Å²) in [6.07, 6.45) is 10.6. The Morgan fingerprint density at radius 1 is 1.05 bits per heavy atom. The molecule has 1 unspecified atom stereocenters. The van der Waals surface area contributed by atoms with Crippen LogP contribution in [0.4, 0.5) is 0 Å². The Morgan fingerprint density at radius 2 is 1.65 bits per heavy atom. The maximum absolute atomic E-state index is 10.2. The number of unbranched alkanes of at least 4 members (excludes halogenated alkanes) is 7. The smallest absolute Gasteiger partial charge is 0.0804 e. The van der Waals surface area contributed by atoms with Crippen LogP contribution in [-0.4, -0.2) is 5.11 Å². The van der Waals surface area contributed by atoms with Crippen molar-refractivity contribution in [1.82, 2.24) is 0 Å². The first-order valence-corrected chi connectivity index (χ1v) is 8.96. The minimum atomic E-state index is -0.444. The van der Waals surface area contributed by atoms with E-state index in [4.69, 9.17) is 11.6 Å². The lowest BCUT2D eigenvalue weighted by molar-refractivity contribution is 0.163. The molecule has 1 aromatic carbocycles. The quantitative estimate of drug-likeness (QED) is 0.461. The van der Waals surface area contributed by atoms with Crippen LogP contribution in [0.15, 0.2) is 22.7 Å². The zero-order valence-electron chi connectivity index (χ0n) is 12.4. The fraction of sp³-hybridized carbons (Fsp3) is 0.647. The van der Waals surface area contributed by atoms with Crippen molar-refractivity contribution in [3.05, 3.63) is 33.3 Å². The van der Waals surface area contributed by atoms with Crippen molar-refractivity contribution in [2.24, 2.45) is 0 Å². The van der Waals surface area contributed by atoms with Crippen LogP contribution in [0.2, 0.25) is 5.02 Å². The highest BCUT2D eigenvalue weighted by molar-refractivity contribution is 9.10. The number of halogens is 2. The molecule has 0 saturated carbocycles. The second-order valence-electron chi connectivity index (χ2n) is 5.42. The van der Waals surface area contributed by atoms with E-state index in [0.29, 0.717) is 5.02 Å². The molecule has 0 aliphatic heterocycles. The average molecular weight is 362 g/mol. The number of aliphatic hydroxyl groups excluding tert-OH is 1. The van der Waals surface area contributed by atoms with Crippen molar-refractivity contribution in [2.45, 2.75) is 70.8 Å². The van der Waals surface area contributed by atoms with Crippen LogP contribution in [0.5, 0.6) is 0 Å². The summed E-state index contributed by atoms with van der Waals surface area (Å²) in [4.78, 5) is 0. The van der Waals surface area contributed by atoms with Gasteiger partial charge >= 0.3 is 0 Å². The Morgan fingerprint density at radius 3 is 2.30 bits per heavy atom. The number of hydrogen-bond donors (Lipinski definition) is 1. The molecule has 114 valence electrons. The van der Waals surface area contributed by atoms with Gasteiger partial charge in [0.15, 0.2) is 0 Å². The van der Waals surface area contributed by atoms with Crippen LogP contribution in [0.25, 0.3) is 0 Å². The molecule has 0 spiro atoms. The number of hydrogen-bond acceptors (Lipinski definition) is 1. The molecular formula is C17H26BrClO. The Bertz CT molecular complexity index is 381. The van der Waals surface area contributed by atoms with E-state index in [2.05, 4.69) is 22.9 Å². The van der Waals surface area contributed by atoms with Crippen molar-refractivity contribution >= 4 is 27.5 Å². The normalized spacial score (nSPS) is 12.6. The summed E-state index contributed by atoms with van der Waals surface area (Å²) in [5.41, 5.74) is 0.837. The third-order valence-corrected chi connectivity index (χ3v) is 4.98. The van der Waals surface area contributed by atoms with Crippen molar-refractivity contribution in [1.29, 1.82) is 0 Å². The van der Waals surface area contributed by atoms with Gasteiger partial charge in [-0.2, -0.15) is 0 Å². The zero-order valence-corrected chi connectivity index (χ0v) is 14.7. The van der Waals surface area contributed by atoms with E-state index in [1.807, 2.05) is 18.2 Å². The molecule has 0 fully saturated rings. The lowest BCUT2D eigenvalue weighted by atomic mass is 10.0. The Labute approximate surface area is 136 Å². The monoisotopic (exact) mass is 360 g/mol. The van der Waals surface area contributed by atoms with E-state index in [9.17, 15) is 5.11 Å². The van der Waals surface area contributed by atoms with Crippen molar-refractivity contribution in [3.63, 3.8) is 0 Å². The number of aliphatic hydroxyl groups is 1. The second kappa shape index (κ2) is 10.6. The standard InChI is InChI=1S/C17H26BrClO/c1-2-3-4-5-6-7-8-9-13-16(20)14-11-10-12-15(18)17(14)19/h10-12,16,20H,2-9,13H2,1H3. The molecule has 20 heavy (non-hydrogen) atoms. The van der Waals surface area contributed by atoms with E-state index in [0.717, 1.165) is 22.9 Å². The van der Waals surface area contributed by atoms with Crippen LogP contribution in [0, 0.1) is 0 Å². The van der Waals surface area contributed by atoms with Gasteiger partial charge in [0.25, 0.3) is 0 Å². The minimum absolute atomic E-state index is 0.444. The highest BCUT2D eigenvalue weighted by Crippen LogP contribution is 2.32. The lowest BCUT2D eigenvalue weighted by Crippen LogP contribution is -1.98. The molecule has 1 atom stereocenters. The summed E-state index contributed by atoms with van der Waals surface area (Å²) in [5, 5.41) is 10.8. The van der Waals surface area contributed by atoms with Gasteiger partial charge in [0.1, 0.15) is 0 Å². The average Bonchev–Trinajstić information content (AvgIpc) is 2.44. The van der Waals surface area contributed by atoms with Gasteiger partial charge in [-0.1, -0.05) is 82.0 Å². The molecule has 0 saturated heterocycles. The topological polar surface area (TPSA) is 20.2 Å². The fourth-order valence-electron chi connectivity index (χ4n) is 2.40. The van der Waals surface area contributed by atoms with Gasteiger partial charge in [0, 0.05) is 10.0 Å². The van der Waals surface area contributed by atoms with Crippen molar-refractivity contribution in [3.8, 4) is 0 Å². The van der Waals surface area contributed by atoms with Gasteiger partial charge in [-0.05, 0) is 28.4 Å². The first-order valence-electron chi connectivity index (χ1n) is 7.78. The van der Waals surface area contributed by atoms with Crippen LogP contribution in [-0.2, 0) is 0 Å². The van der Waals surface area contributed by atoms with E-state index in [1.54, 1.807) is 0 Å². The minimum Gasteiger partial charge on any atom is -0.388 e. The molecule has 1 nitrogen and oxygen atoms in total. The summed E-state index contributed by atoms with van der Waals surface area (Å²) in [6, 6.07) is 5.72. The zero-order chi connectivity index (χ0) is 14.8. The van der Waals surface area contributed by atoms with Gasteiger partial charge in [-0.25, -0.2) is 0 Å². The predicted molar refractivity (Wildman–Crippen MR) is 91.3 cm³/mol. The summed E-state index contributed by atoms with van der Waals surface area (Å²) in [5.74, 6) is 0. The maximum Gasteiger partial charge on any atom is 0.0804 e. The molecule has 0 radical (unpaired) electrons. The highest BCUT2D eigenvalue weighted by atomic mass is 79.9. The largest absolute Gasteiger partial charge is 0.388 e. The van der Waals surface area contributed by atoms with Crippen LogP contribution >= 0.6 is 27.5 Å². The lowest BCUT2D eigenvalue weighted by Gasteiger charge is -2.13.